The summed E-state index contributed by atoms with van der Waals surface area (Å²) >= 11 is 0. The maximum Gasteiger partial charge on any atom is 0.155 e. The molecule has 3 heteroatoms. The normalized spacial score (nSPS) is 48.2. The molecule has 6 atom stereocenters. The number of ketones is 1. The Morgan fingerprint density at radius 3 is 2.70 bits per heavy atom. The molecule has 3 fully saturated rings. The molecule has 1 radical (unpaired) electrons. The van der Waals surface area contributed by atoms with E-state index in [1.807, 2.05) is 6.08 Å². The SMILES string of the molecule is C#CC1(O)CCC2C3CCC4=CC(=O)CCC4C3CC[C@@]21C.[Ac]. The topological polar surface area (TPSA) is 37.3 Å². The van der Waals surface area contributed by atoms with Crippen molar-refractivity contribution in [1.29, 1.82) is 0 Å². The Bertz CT molecular complexity index is 589. The van der Waals surface area contributed by atoms with E-state index in [-0.39, 0.29) is 49.5 Å². The Morgan fingerprint density at radius 1 is 1.17 bits per heavy atom. The van der Waals surface area contributed by atoms with Crippen LogP contribution in [-0.4, -0.2) is 16.5 Å². The summed E-state index contributed by atoms with van der Waals surface area (Å²) < 4.78 is 0. The Morgan fingerprint density at radius 2 is 1.96 bits per heavy atom. The average Bonchev–Trinajstić information content (AvgIpc) is 2.79. The van der Waals surface area contributed by atoms with Crippen molar-refractivity contribution in [2.45, 2.75) is 63.9 Å². The van der Waals surface area contributed by atoms with Gasteiger partial charge >= 0.3 is 0 Å². The van der Waals surface area contributed by atoms with Crippen LogP contribution in [0.2, 0.25) is 0 Å². The first kappa shape index (κ1) is 18.2. The first-order valence-corrected chi connectivity index (χ1v) is 8.92. The number of rotatable bonds is 0. The van der Waals surface area contributed by atoms with Crippen molar-refractivity contribution in [2.24, 2.45) is 29.1 Å². The van der Waals surface area contributed by atoms with Crippen LogP contribution in [-0.2, 0) is 4.79 Å². The summed E-state index contributed by atoms with van der Waals surface area (Å²) in [6.07, 6.45) is 15.7. The van der Waals surface area contributed by atoms with E-state index < -0.39 is 5.60 Å². The maximum atomic E-state index is 11.7. The van der Waals surface area contributed by atoms with E-state index in [1.54, 1.807) is 0 Å². The van der Waals surface area contributed by atoms with Crippen LogP contribution in [0.25, 0.3) is 0 Å². The third kappa shape index (κ3) is 2.55. The zero-order valence-corrected chi connectivity index (χ0v) is 18.8. The molecule has 0 amide bonds. The van der Waals surface area contributed by atoms with Crippen LogP contribution in [0.4, 0.5) is 0 Å². The van der Waals surface area contributed by atoms with E-state index in [2.05, 4.69) is 12.8 Å². The fourth-order valence-corrected chi connectivity index (χ4v) is 6.43. The van der Waals surface area contributed by atoms with Crippen molar-refractivity contribution in [2.75, 3.05) is 0 Å². The molecular formula is C20H26AcO2. The molecule has 121 valence electrons. The van der Waals surface area contributed by atoms with Crippen LogP contribution in [0, 0.1) is 85.5 Å². The molecule has 4 aliphatic carbocycles. The molecule has 0 aromatic rings. The fourth-order valence-electron chi connectivity index (χ4n) is 6.43. The second kappa shape index (κ2) is 6.27. The van der Waals surface area contributed by atoms with E-state index in [4.69, 9.17) is 6.42 Å². The largest absolute Gasteiger partial charge is 0.377 e. The van der Waals surface area contributed by atoms with Gasteiger partial charge in [-0.1, -0.05) is 18.4 Å². The Balaban J connectivity index is 0.00000156. The molecule has 1 N–H and O–H groups in total. The molecule has 0 saturated heterocycles. The molecule has 2 nitrogen and oxygen atoms in total. The molecule has 0 aromatic heterocycles. The van der Waals surface area contributed by atoms with Gasteiger partial charge in [0, 0.05) is 55.9 Å². The fraction of sp³-hybridized carbons (Fsp3) is 0.750. The van der Waals surface area contributed by atoms with Gasteiger partial charge < -0.3 is 5.11 Å². The molecule has 0 aliphatic heterocycles. The number of carbonyl (C=O) groups excluding carboxylic acids is 1. The molecule has 23 heavy (non-hydrogen) atoms. The van der Waals surface area contributed by atoms with Gasteiger partial charge in [0.15, 0.2) is 5.78 Å². The first-order chi connectivity index (χ1) is 10.5. The number of carbonyl (C=O) groups is 1. The predicted octanol–water partition coefficient (Wildman–Crippen LogP) is 3.49. The van der Waals surface area contributed by atoms with Crippen molar-refractivity contribution in [3.63, 3.8) is 0 Å². The van der Waals surface area contributed by atoms with Gasteiger partial charge in [-0.05, 0) is 74.7 Å². The summed E-state index contributed by atoms with van der Waals surface area (Å²) in [5.74, 6) is 5.66. The molecule has 0 heterocycles. The van der Waals surface area contributed by atoms with Crippen LogP contribution < -0.4 is 0 Å². The van der Waals surface area contributed by atoms with Crippen LogP contribution in [0.15, 0.2) is 11.6 Å². The number of allylic oxidation sites excluding steroid dienone is 1. The van der Waals surface area contributed by atoms with E-state index in [9.17, 15) is 9.90 Å². The van der Waals surface area contributed by atoms with E-state index in [0.717, 1.165) is 44.9 Å². The van der Waals surface area contributed by atoms with Crippen molar-refractivity contribution in [3.05, 3.63) is 11.6 Å². The zero-order chi connectivity index (χ0) is 15.5. The molecule has 5 unspecified atom stereocenters. The average molecular weight is 525 g/mol. The van der Waals surface area contributed by atoms with Crippen molar-refractivity contribution in [3.8, 4) is 12.3 Å². The number of aliphatic hydroxyl groups is 1. The predicted molar refractivity (Wildman–Crippen MR) is 85.9 cm³/mol. The summed E-state index contributed by atoms with van der Waals surface area (Å²) in [4.78, 5) is 11.7. The van der Waals surface area contributed by atoms with Crippen molar-refractivity contribution < 1.29 is 54.0 Å². The number of hydrogen-bond donors (Lipinski definition) is 1. The van der Waals surface area contributed by atoms with Crippen LogP contribution >= 0.6 is 0 Å². The molecule has 4 rings (SSSR count). The van der Waals surface area contributed by atoms with Crippen LogP contribution in [0.3, 0.4) is 0 Å². The van der Waals surface area contributed by atoms with Gasteiger partial charge in [-0.3, -0.25) is 4.79 Å². The minimum atomic E-state index is -0.902. The van der Waals surface area contributed by atoms with Crippen LogP contribution in [0.5, 0.6) is 0 Å². The molecule has 0 aromatic carbocycles. The van der Waals surface area contributed by atoms with Crippen LogP contribution in [0.1, 0.15) is 58.3 Å². The molecule has 3 saturated carbocycles. The Hall–Kier alpha value is 0.372. The Kier molecular flexibility index (Phi) is 4.95. The smallest absolute Gasteiger partial charge is 0.155 e. The van der Waals surface area contributed by atoms with Gasteiger partial charge in [-0.2, -0.15) is 0 Å². The van der Waals surface area contributed by atoms with Gasteiger partial charge in [0.2, 0.25) is 0 Å². The van der Waals surface area contributed by atoms with Gasteiger partial charge in [0.25, 0.3) is 0 Å². The minimum absolute atomic E-state index is 0. The van der Waals surface area contributed by atoms with Gasteiger partial charge in [-0.25, -0.2) is 0 Å². The quantitative estimate of drug-likeness (QED) is 0.492. The second-order valence-corrected chi connectivity index (χ2v) is 8.30. The Labute approximate surface area is 175 Å². The summed E-state index contributed by atoms with van der Waals surface area (Å²) in [7, 11) is 0. The van der Waals surface area contributed by atoms with E-state index in [1.165, 1.54) is 12.0 Å². The maximum absolute atomic E-state index is 11.7. The van der Waals surface area contributed by atoms with Gasteiger partial charge in [0.1, 0.15) is 5.60 Å². The summed E-state index contributed by atoms with van der Waals surface area (Å²) in [6, 6.07) is 0. The number of terminal acetylenes is 1. The van der Waals surface area contributed by atoms with Gasteiger partial charge in [-0.15, -0.1) is 6.42 Å². The summed E-state index contributed by atoms with van der Waals surface area (Å²) in [5, 5.41) is 10.9. The first-order valence-electron chi connectivity index (χ1n) is 8.92. The summed E-state index contributed by atoms with van der Waals surface area (Å²) in [6.45, 7) is 2.23. The number of fused-ring (bicyclic) bond motifs is 5. The minimum Gasteiger partial charge on any atom is -0.377 e. The van der Waals surface area contributed by atoms with Crippen molar-refractivity contribution in [1.82, 2.24) is 0 Å². The third-order valence-corrected chi connectivity index (χ3v) is 7.69. The number of hydrogen-bond acceptors (Lipinski definition) is 2. The van der Waals surface area contributed by atoms with Crippen molar-refractivity contribution >= 4 is 5.78 Å². The zero-order valence-electron chi connectivity index (χ0n) is 14.1. The van der Waals surface area contributed by atoms with Gasteiger partial charge in [0.05, 0.1) is 0 Å². The van der Waals surface area contributed by atoms with E-state index in [0.29, 0.717) is 29.5 Å². The summed E-state index contributed by atoms with van der Waals surface area (Å²) in [5.41, 5.74) is 0.418. The molecule has 0 spiro atoms. The molecule has 4 aliphatic rings. The van der Waals surface area contributed by atoms with E-state index >= 15 is 0 Å². The standard InChI is InChI=1S/C20H26O2.Ac/c1-3-20(22)11-9-18-17-6-4-13-12-14(21)5-7-15(13)16(17)8-10-19(18,20)2;/h1,12,15-18,22H,4-11H2,2H3;/t15?,16?,17?,18?,19-,20?;/m0./s1. The third-order valence-electron chi connectivity index (χ3n) is 7.69. The molecule has 0 bridgehead atoms. The monoisotopic (exact) mass is 525 g/mol. The molecular weight excluding hydrogens is 499 g/mol. The second-order valence-electron chi connectivity index (χ2n) is 8.30.